The minimum Gasteiger partial charge on any atom is -0.310 e. The van der Waals surface area contributed by atoms with Crippen LogP contribution in [0.15, 0.2) is 12.1 Å². The van der Waals surface area contributed by atoms with Gasteiger partial charge in [-0.1, -0.05) is 63.6 Å². The van der Waals surface area contributed by atoms with E-state index in [9.17, 15) is 0 Å². The molecule has 0 amide bonds. The van der Waals surface area contributed by atoms with E-state index in [0.29, 0.717) is 6.04 Å². The van der Waals surface area contributed by atoms with Crippen molar-refractivity contribution in [1.82, 2.24) is 5.32 Å². The molecule has 1 atom stereocenters. The van der Waals surface area contributed by atoms with Crippen LogP contribution < -0.4 is 5.32 Å². The lowest BCUT2D eigenvalue weighted by Crippen LogP contribution is -2.22. The highest BCUT2D eigenvalue weighted by Crippen LogP contribution is 2.29. The highest BCUT2D eigenvalue weighted by atomic mass is 35.5. The van der Waals surface area contributed by atoms with Crippen LogP contribution in [-0.2, 0) is 0 Å². The summed E-state index contributed by atoms with van der Waals surface area (Å²) in [5, 5.41) is 4.60. The fourth-order valence-corrected chi connectivity index (χ4v) is 3.06. The lowest BCUT2D eigenvalue weighted by Gasteiger charge is -2.21. The van der Waals surface area contributed by atoms with Gasteiger partial charge in [0.05, 0.1) is 0 Å². The molecule has 21 heavy (non-hydrogen) atoms. The molecule has 0 spiro atoms. The molecule has 0 aliphatic rings. The molecule has 1 nitrogen and oxygen atoms in total. The number of halogens is 1. The minimum absolute atomic E-state index is 0.401. The third-order valence-electron chi connectivity index (χ3n) is 4.23. The van der Waals surface area contributed by atoms with E-state index in [1.54, 1.807) is 0 Å². The van der Waals surface area contributed by atoms with Crippen LogP contribution in [0.25, 0.3) is 0 Å². The molecule has 0 saturated carbocycles. The SMILES string of the molecule is CCCCCCCC(NCCC)c1cc(C)c(C)cc1Cl. The normalized spacial score (nSPS) is 12.6. The zero-order chi connectivity index (χ0) is 15.7. The third-order valence-corrected chi connectivity index (χ3v) is 4.55. The van der Waals surface area contributed by atoms with Gasteiger partial charge in [-0.25, -0.2) is 0 Å². The van der Waals surface area contributed by atoms with Gasteiger partial charge in [0, 0.05) is 11.1 Å². The molecule has 1 aromatic rings. The van der Waals surface area contributed by atoms with Crippen molar-refractivity contribution in [2.75, 3.05) is 6.54 Å². The predicted octanol–water partition coefficient (Wildman–Crippen LogP) is 6.36. The fourth-order valence-electron chi connectivity index (χ4n) is 2.71. The molecule has 1 unspecified atom stereocenters. The largest absolute Gasteiger partial charge is 0.310 e. The maximum Gasteiger partial charge on any atom is 0.0456 e. The smallest absolute Gasteiger partial charge is 0.0456 e. The van der Waals surface area contributed by atoms with Crippen LogP contribution in [-0.4, -0.2) is 6.54 Å². The van der Waals surface area contributed by atoms with Gasteiger partial charge in [0.15, 0.2) is 0 Å². The summed E-state index contributed by atoms with van der Waals surface area (Å²) in [4.78, 5) is 0. The Hall–Kier alpha value is -0.530. The van der Waals surface area contributed by atoms with Crippen molar-refractivity contribution in [3.8, 4) is 0 Å². The summed E-state index contributed by atoms with van der Waals surface area (Å²) in [6.45, 7) is 9.84. The topological polar surface area (TPSA) is 12.0 Å². The number of aryl methyl sites for hydroxylation is 2. The first-order chi connectivity index (χ1) is 10.1. The van der Waals surface area contributed by atoms with E-state index in [4.69, 9.17) is 11.6 Å². The predicted molar refractivity (Wildman–Crippen MR) is 95.3 cm³/mol. The Balaban J connectivity index is 2.70. The Labute approximate surface area is 136 Å². The summed E-state index contributed by atoms with van der Waals surface area (Å²) in [6.07, 6.45) is 8.99. The van der Waals surface area contributed by atoms with Crippen molar-refractivity contribution in [1.29, 1.82) is 0 Å². The summed E-state index contributed by atoms with van der Waals surface area (Å²) in [6, 6.07) is 4.79. The molecular formula is C19H32ClN. The molecule has 0 fully saturated rings. The fraction of sp³-hybridized carbons (Fsp3) is 0.684. The molecular weight excluding hydrogens is 278 g/mol. The molecule has 1 N–H and O–H groups in total. The first-order valence-corrected chi connectivity index (χ1v) is 8.98. The van der Waals surface area contributed by atoms with E-state index in [2.05, 4.69) is 45.1 Å². The number of hydrogen-bond acceptors (Lipinski definition) is 1. The van der Waals surface area contributed by atoms with Crippen LogP contribution in [0.1, 0.15) is 81.5 Å². The Kier molecular flexibility index (Phi) is 9.03. The molecule has 0 saturated heterocycles. The average molecular weight is 310 g/mol. The van der Waals surface area contributed by atoms with Gasteiger partial charge in [0.1, 0.15) is 0 Å². The maximum atomic E-state index is 6.50. The third kappa shape index (κ3) is 6.40. The van der Waals surface area contributed by atoms with E-state index in [1.165, 1.54) is 55.2 Å². The second-order valence-electron chi connectivity index (χ2n) is 6.17. The number of unbranched alkanes of at least 4 members (excludes halogenated alkanes) is 4. The van der Waals surface area contributed by atoms with Gasteiger partial charge < -0.3 is 5.32 Å². The van der Waals surface area contributed by atoms with Crippen molar-refractivity contribution < 1.29 is 0 Å². The van der Waals surface area contributed by atoms with Crippen molar-refractivity contribution in [2.45, 2.75) is 78.7 Å². The van der Waals surface area contributed by atoms with Crippen molar-refractivity contribution in [3.05, 3.63) is 33.8 Å². The second-order valence-corrected chi connectivity index (χ2v) is 6.57. The summed E-state index contributed by atoms with van der Waals surface area (Å²) in [7, 11) is 0. The molecule has 0 aromatic heterocycles. The number of nitrogens with one attached hydrogen (secondary N) is 1. The van der Waals surface area contributed by atoms with Crippen LogP contribution in [0.5, 0.6) is 0 Å². The molecule has 0 aliphatic carbocycles. The van der Waals surface area contributed by atoms with E-state index < -0.39 is 0 Å². The van der Waals surface area contributed by atoms with Gasteiger partial charge in [0.2, 0.25) is 0 Å². The molecule has 0 bridgehead atoms. The van der Waals surface area contributed by atoms with Crippen molar-refractivity contribution in [2.24, 2.45) is 0 Å². The van der Waals surface area contributed by atoms with Gasteiger partial charge in [-0.05, 0) is 56.0 Å². The highest BCUT2D eigenvalue weighted by molar-refractivity contribution is 6.31. The number of rotatable bonds is 10. The van der Waals surface area contributed by atoms with E-state index in [1.807, 2.05) is 0 Å². The summed E-state index contributed by atoms with van der Waals surface area (Å²) in [5.41, 5.74) is 3.90. The maximum absolute atomic E-state index is 6.50. The van der Waals surface area contributed by atoms with Crippen LogP contribution in [0.4, 0.5) is 0 Å². The molecule has 0 aliphatic heterocycles. The van der Waals surface area contributed by atoms with Gasteiger partial charge in [-0.15, -0.1) is 0 Å². The van der Waals surface area contributed by atoms with Gasteiger partial charge in [-0.2, -0.15) is 0 Å². The van der Waals surface area contributed by atoms with E-state index >= 15 is 0 Å². The first-order valence-electron chi connectivity index (χ1n) is 8.60. The average Bonchev–Trinajstić information content (AvgIpc) is 2.46. The highest BCUT2D eigenvalue weighted by Gasteiger charge is 2.15. The van der Waals surface area contributed by atoms with Crippen molar-refractivity contribution >= 4 is 11.6 Å². The Morgan fingerprint density at radius 2 is 1.62 bits per heavy atom. The second kappa shape index (κ2) is 10.2. The molecule has 0 radical (unpaired) electrons. The standard InChI is InChI=1S/C19H32ClN/c1-5-7-8-9-10-11-19(21-12-6-2)17-13-15(3)16(4)14-18(17)20/h13-14,19,21H,5-12H2,1-4H3. The Morgan fingerprint density at radius 3 is 2.29 bits per heavy atom. The molecule has 1 aromatic carbocycles. The monoisotopic (exact) mass is 309 g/mol. The van der Waals surface area contributed by atoms with E-state index in [-0.39, 0.29) is 0 Å². The Bertz CT molecular complexity index is 414. The lowest BCUT2D eigenvalue weighted by atomic mass is 9.96. The quantitative estimate of drug-likeness (QED) is 0.496. The number of benzene rings is 1. The van der Waals surface area contributed by atoms with Gasteiger partial charge in [-0.3, -0.25) is 0 Å². The molecule has 1 rings (SSSR count). The van der Waals surface area contributed by atoms with Gasteiger partial charge in [0.25, 0.3) is 0 Å². The zero-order valence-corrected chi connectivity index (χ0v) is 15.0. The van der Waals surface area contributed by atoms with Gasteiger partial charge >= 0.3 is 0 Å². The first kappa shape index (κ1) is 18.5. The minimum atomic E-state index is 0.401. The van der Waals surface area contributed by atoms with Crippen LogP contribution in [0, 0.1) is 13.8 Å². The van der Waals surface area contributed by atoms with Crippen LogP contribution in [0.2, 0.25) is 5.02 Å². The molecule has 2 heteroatoms. The van der Waals surface area contributed by atoms with E-state index in [0.717, 1.165) is 18.0 Å². The molecule has 0 heterocycles. The Morgan fingerprint density at radius 1 is 0.952 bits per heavy atom. The molecule has 120 valence electrons. The number of hydrogen-bond donors (Lipinski definition) is 1. The van der Waals surface area contributed by atoms with Crippen molar-refractivity contribution in [3.63, 3.8) is 0 Å². The zero-order valence-electron chi connectivity index (χ0n) is 14.3. The summed E-state index contributed by atoms with van der Waals surface area (Å²) in [5.74, 6) is 0. The summed E-state index contributed by atoms with van der Waals surface area (Å²) < 4.78 is 0. The summed E-state index contributed by atoms with van der Waals surface area (Å²) >= 11 is 6.50. The lowest BCUT2D eigenvalue weighted by molar-refractivity contribution is 0.468. The van der Waals surface area contributed by atoms with Crippen LogP contribution >= 0.6 is 11.6 Å². The van der Waals surface area contributed by atoms with Crippen LogP contribution in [0.3, 0.4) is 0 Å².